The monoisotopic (exact) mass is 212 g/mol. The van der Waals surface area contributed by atoms with Gasteiger partial charge in [-0.1, -0.05) is 0 Å². The summed E-state index contributed by atoms with van der Waals surface area (Å²) in [5.74, 6) is 0. The van der Waals surface area contributed by atoms with Crippen LogP contribution in [0.1, 0.15) is 33.6 Å². The normalized spacial score (nSPS) is 44.2. The van der Waals surface area contributed by atoms with Crippen LogP contribution in [-0.4, -0.2) is 48.8 Å². The van der Waals surface area contributed by atoms with Gasteiger partial charge < -0.3 is 10.1 Å². The maximum absolute atomic E-state index is 5.78. The van der Waals surface area contributed by atoms with Gasteiger partial charge in [0.05, 0.1) is 12.2 Å². The predicted octanol–water partition coefficient (Wildman–Crippen LogP) is 1.24. The standard InChI is InChI=1S/C12H24N2O/c1-9-6-12(4-5-13-9)14-7-10(2)15-11(3)8-14/h9-13H,4-8H2,1-3H3/t9?,10-,11+,12?. The zero-order valence-corrected chi connectivity index (χ0v) is 10.2. The lowest BCUT2D eigenvalue weighted by molar-refractivity contribution is -0.0845. The summed E-state index contributed by atoms with van der Waals surface area (Å²) >= 11 is 0. The molecule has 0 amide bonds. The highest BCUT2D eigenvalue weighted by Crippen LogP contribution is 2.20. The minimum Gasteiger partial charge on any atom is -0.373 e. The van der Waals surface area contributed by atoms with Crippen molar-refractivity contribution in [3.63, 3.8) is 0 Å². The van der Waals surface area contributed by atoms with Gasteiger partial charge in [-0.05, 0) is 40.2 Å². The molecule has 4 atom stereocenters. The van der Waals surface area contributed by atoms with E-state index in [9.17, 15) is 0 Å². The summed E-state index contributed by atoms with van der Waals surface area (Å²) in [6.07, 6.45) is 3.39. The molecule has 0 aromatic rings. The first-order valence-electron chi connectivity index (χ1n) is 6.28. The summed E-state index contributed by atoms with van der Waals surface area (Å²) in [4.78, 5) is 2.64. The van der Waals surface area contributed by atoms with Crippen molar-refractivity contribution in [2.24, 2.45) is 0 Å². The molecule has 2 unspecified atom stereocenters. The molecule has 3 nitrogen and oxygen atoms in total. The van der Waals surface area contributed by atoms with E-state index >= 15 is 0 Å². The van der Waals surface area contributed by atoms with Gasteiger partial charge in [-0.15, -0.1) is 0 Å². The second-order valence-electron chi connectivity index (χ2n) is 5.24. The van der Waals surface area contributed by atoms with E-state index in [1.165, 1.54) is 19.4 Å². The Labute approximate surface area is 93.2 Å². The van der Waals surface area contributed by atoms with Gasteiger partial charge in [-0.2, -0.15) is 0 Å². The van der Waals surface area contributed by atoms with E-state index in [1.54, 1.807) is 0 Å². The van der Waals surface area contributed by atoms with Crippen molar-refractivity contribution in [3.05, 3.63) is 0 Å². The Hall–Kier alpha value is -0.120. The second-order valence-corrected chi connectivity index (χ2v) is 5.24. The fourth-order valence-corrected chi connectivity index (χ4v) is 2.95. The number of rotatable bonds is 1. The van der Waals surface area contributed by atoms with Crippen LogP contribution in [0.15, 0.2) is 0 Å². The molecular weight excluding hydrogens is 188 g/mol. The number of hydrogen-bond donors (Lipinski definition) is 1. The van der Waals surface area contributed by atoms with Crippen LogP contribution < -0.4 is 5.32 Å². The van der Waals surface area contributed by atoms with Gasteiger partial charge in [0.15, 0.2) is 0 Å². The predicted molar refractivity (Wildman–Crippen MR) is 62.1 cm³/mol. The highest BCUT2D eigenvalue weighted by Gasteiger charge is 2.30. The number of nitrogens with zero attached hydrogens (tertiary/aromatic N) is 1. The number of piperidine rings is 1. The average molecular weight is 212 g/mol. The molecule has 15 heavy (non-hydrogen) atoms. The number of hydrogen-bond acceptors (Lipinski definition) is 3. The lowest BCUT2D eigenvalue weighted by atomic mass is 9.98. The highest BCUT2D eigenvalue weighted by molar-refractivity contribution is 4.85. The minimum absolute atomic E-state index is 0.402. The van der Waals surface area contributed by atoms with Crippen LogP contribution in [0.2, 0.25) is 0 Å². The molecule has 2 saturated heterocycles. The molecule has 2 rings (SSSR count). The Kier molecular flexibility index (Phi) is 3.65. The van der Waals surface area contributed by atoms with Gasteiger partial charge >= 0.3 is 0 Å². The molecule has 0 saturated carbocycles. The van der Waals surface area contributed by atoms with Crippen LogP contribution in [0.3, 0.4) is 0 Å². The zero-order valence-electron chi connectivity index (χ0n) is 10.2. The van der Waals surface area contributed by atoms with Crippen molar-refractivity contribution in [1.29, 1.82) is 0 Å². The van der Waals surface area contributed by atoms with Gasteiger partial charge in [0, 0.05) is 25.2 Å². The van der Waals surface area contributed by atoms with Gasteiger partial charge in [0.2, 0.25) is 0 Å². The lowest BCUT2D eigenvalue weighted by Gasteiger charge is -2.43. The van der Waals surface area contributed by atoms with E-state index in [4.69, 9.17) is 4.74 Å². The Morgan fingerprint density at radius 3 is 2.40 bits per heavy atom. The SMILES string of the molecule is CC1CC(N2C[C@@H](C)O[C@@H](C)C2)CCN1. The molecule has 0 radical (unpaired) electrons. The fraction of sp³-hybridized carbons (Fsp3) is 1.00. The molecule has 3 heteroatoms. The Morgan fingerprint density at radius 1 is 1.13 bits per heavy atom. The molecule has 0 aromatic heterocycles. The highest BCUT2D eigenvalue weighted by atomic mass is 16.5. The first kappa shape index (κ1) is 11.4. The molecule has 2 aliphatic heterocycles. The molecule has 2 fully saturated rings. The summed E-state index contributed by atoms with van der Waals surface area (Å²) in [5.41, 5.74) is 0. The fourth-order valence-electron chi connectivity index (χ4n) is 2.95. The van der Waals surface area contributed by atoms with Crippen LogP contribution in [0, 0.1) is 0 Å². The van der Waals surface area contributed by atoms with E-state index in [1.807, 2.05) is 0 Å². The first-order chi connectivity index (χ1) is 7.15. The van der Waals surface area contributed by atoms with Crippen molar-refractivity contribution >= 4 is 0 Å². The molecule has 0 aromatic carbocycles. The summed E-state index contributed by atoms with van der Waals surface area (Å²) in [5, 5.41) is 3.52. The summed E-state index contributed by atoms with van der Waals surface area (Å²) in [7, 11) is 0. The van der Waals surface area contributed by atoms with Crippen LogP contribution in [0.5, 0.6) is 0 Å². The van der Waals surface area contributed by atoms with Gasteiger partial charge in [-0.25, -0.2) is 0 Å². The summed E-state index contributed by atoms with van der Waals surface area (Å²) < 4.78 is 5.78. The summed E-state index contributed by atoms with van der Waals surface area (Å²) in [6.45, 7) is 10.1. The molecule has 1 N–H and O–H groups in total. The van der Waals surface area contributed by atoms with Crippen LogP contribution in [0.4, 0.5) is 0 Å². The second kappa shape index (κ2) is 4.81. The maximum atomic E-state index is 5.78. The molecule has 0 spiro atoms. The third-order valence-corrected chi connectivity index (χ3v) is 3.56. The molecule has 0 aliphatic carbocycles. The molecule has 0 bridgehead atoms. The van der Waals surface area contributed by atoms with Crippen molar-refractivity contribution < 1.29 is 4.74 Å². The van der Waals surface area contributed by atoms with Crippen molar-refractivity contribution in [1.82, 2.24) is 10.2 Å². The van der Waals surface area contributed by atoms with E-state index in [0.717, 1.165) is 19.1 Å². The van der Waals surface area contributed by atoms with Gasteiger partial charge in [0.1, 0.15) is 0 Å². The van der Waals surface area contributed by atoms with Gasteiger partial charge in [-0.3, -0.25) is 4.90 Å². The number of morpholine rings is 1. The molecule has 88 valence electrons. The van der Waals surface area contributed by atoms with Crippen LogP contribution in [0.25, 0.3) is 0 Å². The van der Waals surface area contributed by atoms with Crippen LogP contribution in [-0.2, 0) is 4.74 Å². The zero-order chi connectivity index (χ0) is 10.8. The smallest absolute Gasteiger partial charge is 0.0678 e. The van der Waals surface area contributed by atoms with E-state index in [2.05, 4.69) is 31.0 Å². The quantitative estimate of drug-likeness (QED) is 0.707. The van der Waals surface area contributed by atoms with Crippen molar-refractivity contribution in [2.75, 3.05) is 19.6 Å². The maximum Gasteiger partial charge on any atom is 0.0678 e. The Bertz CT molecular complexity index is 200. The third kappa shape index (κ3) is 2.92. The number of nitrogens with one attached hydrogen (secondary N) is 1. The average Bonchev–Trinajstić information content (AvgIpc) is 2.16. The van der Waals surface area contributed by atoms with E-state index in [0.29, 0.717) is 18.2 Å². The molecule has 2 heterocycles. The Morgan fingerprint density at radius 2 is 1.80 bits per heavy atom. The molecular formula is C12H24N2O. The van der Waals surface area contributed by atoms with Crippen LogP contribution >= 0.6 is 0 Å². The van der Waals surface area contributed by atoms with E-state index in [-0.39, 0.29) is 0 Å². The minimum atomic E-state index is 0.402. The van der Waals surface area contributed by atoms with Crippen molar-refractivity contribution in [2.45, 2.75) is 57.9 Å². The Balaban J connectivity index is 1.91. The van der Waals surface area contributed by atoms with E-state index < -0.39 is 0 Å². The van der Waals surface area contributed by atoms with Gasteiger partial charge in [0.25, 0.3) is 0 Å². The summed E-state index contributed by atoms with van der Waals surface area (Å²) in [6, 6.07) is 1.45. The third-order valence-electron chi connectivity index (χ3n) is 3.56. The topological polar surface area (TPSA) is 24.5 Å². The first-order valence-corrected chi connectivity index (χ1v) is 6.28. The molecule has 2 aliphatic rings. The number of ether oxygens (including phenoxy) is 1. The van der Waals surface area contributed by atoms with Crippen molar-refractivity contribution in [3.8, 4) is 0 Å². The largest absolute Gasteiger partial charge is 0.373 e. The lowest BCUT2D eigenvalue weighted by Crippen LogP contribution is -2.54.